The molecule has 0 radical (unpaired) electrons. The molecular formula is C16H10BrN3S. The van der Waals surface area contributed by atoms with E-state index in [0.717, 1.165) is 32.1 Å². The summed E-state index contributed by atoms with van der Waals surface area (Å²) < 4.78 is 3.68. The zero-order chi connectivity index (χ0) is 14.4. The molecule has 21 heavy (non-hydrogen) atoms. The van der Waals surface area contributed by atoms with Crippen LogP contribution in [0.15, 0.2) is 59.2 Å². The van der Waals surface area contributed by atoms with Crippen molar-refractivity contribution in [1.82, 2.24) is 14.5 Å². The second kappa shape index (κ2) is 4.79. The zero-order valence-corrected chi connectivity index (χ0v) is 13.3. The van der Waals surface area contributed by atoms with Crippen LogP contribution in [0.5, 0.6) is 0 Å². The van der Waals surface area contributed by atoms with Gasteiger partial charge in [-0.1, -0.05) is 24.3 Å². The van der Waals surface area contributed by atoms with Gasteiger partial charge in [-0.15, -0.1) is 0 Å². The van der Waals surface area contributed by atoms with E-state index in [2.05, 4.69) is 44.1 Å². The summed E-state index contributed by atoms with van der Waals surface area (Å²) in [6.45, 7) is 0. The predicted molar refractivity (Wildman–Crippen MR) is 91.5 cm³/mol. The monoisotopic (exact) mass is 355 g/mol. The molecule has 2 aromatic heterocycles. The van der Waals surface area contributed by atoms with Gasteiger partial charge in [-0.2, -0.15) is 0 Å². The van der Waals surface area contributed by atoms with Crippen molar-refractivity contribution in [2.75, 3.05) is 0 Å². The van der Waals surface area contributed by atoms with Crippen LogP contribution in [0.2, 0.25) is 0 Å². The minimum Gasteiger partial charge on any atom is -0.330 e. The number of halogens is 1. The van der Waals surface area contributed by atoms with Gasteiger partial charge in [-0.05, 0) is 52.4 Å². The van der Waals surface area contributed by atoms with E-state index >= 15 is 0 Å². The van der Waals surface area contributed by atoms with E-state index in [4.69, 9.17) is 12.2 Å². The van der Waals surface area contributed by atoms with Gasteiger partial charge in [0.05, 0.1) is 22.2 Å². The van der Waals surface area contributed by atoms with E-state index in [1.807, 2.05) is 41.1 Å². The molecule has 4 rings (SSSR count). The predicted octanol–water partition coefficient (Wildman–Crippen LogP) is 5.00. The molecule has 4 aromatic rings. The fourth-order valence-corrected chi connectivity index (χ4v) is 3.25. The molecule has 0 aliphatic heterocycles. The summed E-state index contributed by atoms with van der Waals surface area (Å²) in [6.07, 6.45) is 1.81. The second-order valence-electron chi connectivity index (χ2n) is 4.79. The molecule has 0 bridgehead atoms. The van der Waals surface area contributed by atoms with E-state index < -0.39 is 0 Å². The van der Waals surface area contributed by atoms with Gasteiger partial charge < -0.3 is 4.98 Å². The summed E-state index contributed by atoms with van der Waals surface area (Å²) in [4.78, 5) is 7.80. The number of nitrogens with zero attached hydrogens (tertiary/aromatic N) is 2. The van der Waals surface area contributed by atoms with Crippen LogP contribution in [0, 0.1) is 4.77 Å². The number of aromatic nitrogens is 3. The van der Waals surface area contributed by atoms with Crippen molar-refractivity contribution in [3.05, 3.63) is 64.0 Å². The topological polar surface area (TPSA) is 33.6 Å². The minimum absolute atomic E-state index is 0.674. The maximum Gasteiger partial charge on any atom is 0.182 e. The number of imidazole rings is 1. The Kier molecular flexibility index (Phi) is 2.90. The van der Waals surface area contributed by atoms with E-state index in [9.17, 15) is 0 Å². The fourth-order valence-electron chi connectivity index (χ4n) is 2.59. The summed E-state index contributed by atoms with van der Waals surface area (Å²) in [5.74, 6) is 0. The van der Waals surface area contributed by atoms with Crippen LogP contribution in [0.25, 0.3) is 27.6 Å². The maximum atomic E-state index is 5.49. The lowest BCUT2D eigenvalue weighted by atomic mass is 10.2. The number of rotatable bonds is 1. The van der Waals surface area contributed by atoms with Gasteiger partial charge in [-0.3, -0.25) is 9.55 Å². The van der Waals surface area contributed by atoms with Crippen molar-refractivity contribution in [2.24, 2.45) is 0 Å². The van der Waals surface area contributed by atoms with Gasteiger partial charge in [0.1, 0.15) is 0 Å². The minimum atomic E-state index is 0.674. The third kappa shape index (κ3) is 2.01. The van der Waals surface area contributed by atoms with Crippen LogP contribution in [0.3, 0.4) is 0 Å². The largest absolute Gasteiger partial charge is 0.330 e. The van der Waals surface area contributed by atoms with Crippen LogP contribution in [0.4, 0.5) is 0 Å². The Morgan fingerprint density at radius 3 is 2.86 bits per heavy atom. The number of fused-ring (bicyclic) bond motifs is 2. The summed E-state index contributed by atoms with van der Waals surface area (Å²) in [5, 5.41) is 1.08. The molecule has 1 N–H and O–H groups in total. The van der Waals surface area contributed by atoms with Crippen LogP contribution in [-0.2, 0) is 0 Å². The first-order valence-electron chi connectivity index (χ1n) is 6.48. The van der Waals surface area contributed by atoms with Crippen molar-refractivity contribution >= 4 is 50.1 Å². The Hall–Kier alpha value is -1.98. The normalized spacial score (nSPS) is 11.3. The standard InChI is InChI=1S/C16H10BrN3S/c17-11-8-10-4-3-7-14(15(10)18-9-11)20-13-6-2-1-5-12(13)19-16(20)21/h1-9H,(H,19,21). The summed E-state index contributed by atoms with van der Waals surface area (Å²) in [7, 11) is 0. The van der Waals surface area contributed by atoms with Crippen molar-refractivity contribution < 1.29 is 0 Å². The van der Waals surface area contributed by atoms with Crippen LogP contribution < -0.4 is 0 Å². The van der Waals surface area contributed by atoms with Gasteiger partial charge in [0.15, 0.2) is 4.77 Å². The molecule has 0 aliphatic carbocycles. The second-order valence-corrected chi connectivity index (χ2v) is 6.09. The number of H-pyrrole nitrogens is 1. The fraction of sp³-hybridized carbons (Fsp3) is 0. The number of nitrogens with one attached hydrogen (secondary N) is 1. The molecule has 0 aliphatic rings. The Labute approximate surface area is 134 Å². The summed E-state index contributed by atoms with van der Waals surface area (Å²) >= 11 is 8.96. The maximum absolute atomic E-state index is 5.49. The Balaban J connectivity index is 2.14. The van der Waals surface area contributed by atoms with Gasteiger partial charge >= 0.3 is 0 Å². The van der Waals surface area contributed by atoms with E-state index in [1.165, 1.54) is 0 Å². The molecular weight excluding hydrogens is 346 g/mol. The Bertz CT molecular complexity index is 1030. The zero-order valence-electron chi connectivity index (χ0n) is 10.9. The molecule has 2 aromatic carbocycles. The molecule has 5 heteroatoms. The molecule has 0 fully saturated rings. The van der Waals surface area contributed by atoms with Crippen LogP contribution >= 0.6 is 28.1 Å². The lowest BCUT2D eigenvalue weighted by molar-refractivity contribution is 1.07. The van der Waals surface area contributed by atoms with Gasteiger partial charge in [0, 0.05) is 16.1 Å². The van der Waals surface area contributed by atoms with E-state index in [0.29, 0.717) is 4.77 Å². The summed E-state index contributed by atoms with van der Waals surface area (Å²) in [6, 6.07) is 16.3. The van der Waals surface area contributed by atoms with Crippen molar-refractivity contribution in [1.29, 1.82) is 0 Å². The first kappa shape index (κ1) is 12.7. The van der Waals surface area contributed by atoms with Crippen LogP contribution in [-0.4, -0.2) is 14.5 Å². The van der Waals surface area contributed by atoms with Crippen molar-refractivity contribution in [2.45, 2.75) is 0 Å². The molecule has 102 valence electrons. The quantitative estimate of drug-likeness (QED) is 0.487. The van der Waals surface area contributed by atoms with Crippen LogP contribution in [0.1, 0.15) is 0 Å². The molecule has 0 saturated carbocycles. The third-order valence-electron chi connectivity index (χ3n) is 3.49. The van der Waals surface area contributed by atoms with Gasteiger partial charge in [0.25, 0.3) is 0 Å². The summed E-state index contributed by atoms with van der Waals surface area (Å²) in [5.41, 5.74) is 4.00. The lowest BCUT2D eigenvalue weighted by Crippen LogP contribution is -1.96. The smallest absolute Gasteiger partial charge is 0.182 e. The number of hydrogen-bond donors (Lipinski definition) is 1. The number of benzene rings is 2. The molecule has 0 amide bonds. The SMILES string of the molecule is S=c1[nH]c2ccccc2n1-c1cccc2cc(Br)cnc12. The third-order valence-corrected chi connectivity index (χ3v) is 4.21. The number of para-hydroxylation sites is 3. The molecule has 0 spiro atoms. The average molecular weight is 356 g/mol. The molecule has 3 nitrogen and oxygen atoms in total. The Morgan fingerprint density at radius 1 is 1.10 bits per heavy atom. The van der Waals surface area contributed by atoms with Crippen molar-refractivity contribution in [3.63, 3.8) is 0 Å². The first-order chi connectivity index (χ1) is 10.2. The number of pyridine rings is 1. The van der Waals surface area contributed by atoms with E-state index in [-0.39, 0.29) is 0 Å². The molecule has 0 unspecified atom stereocenters. The highest BCUT2D eigenvalue weighted by Crippen LogP contribution is 2.26. The highest BCUT2D eigenvalue weighted by Gasteiger charge is 2.10. The number of aromatic amines is 1. The first-order valence-corrected chi connectivity index (χ1v) is 7.68. The Morgan fingerprint density at radius 2 is 1.95 bits per heavy atom. The molecule has 2 heterocycles. The van der Waals surface area contributed by atoms with Gasteiger partial charge in [0.2, 0.25) is 0 Å². The van der Waals surface area contributed by atoms with E-state index in [1.54, 1.807) is 0 Å². The van der Waals surface area contributed by atoms with Crippen molar-refractivity contribution in [3.8, 4) is 5.69 Å². The number of hydrogen-bond acceptors (Lipinski definition) is 2. The highest BCUT2D eigenvalue weighted by molar-refractivity contribution is 9.10. The van der Waals surface area contributed by atoms with Gasteiger partial charge in [-0.25, -0.2) is 0 Å². The molecule has 0 atom stereocenters. The lowest BCUT2D eigenvalue weighted by Gasteiger charge is -2.08. The highest BCUT2D eigenvalue weighted by atomic mass is 79.9. The average Bonchev–Trinajstić information content (AvgIpc) is 2.82. The molecule has 0 saturated heterocycles.